The minimum absolute atomic E-state index is 0.00616. The lowest BCUT2D eigenvalue weighted by Crippen LogP contribution is -2.74. The Labute approximate surface area is 234 Å². The Hall–Kier alpha value is -1.43. The summed E-state index contributed by atoms with van der Waals surface area (Å²) in [5.41, 5.74) is -1.99. The number of carbonyl (C=O) groups is 3. The molecule has 218 valence electrons. The van der Waals surface area contributed by atoms with Crippen molar-refractivity contribution in [3.8, 4) is 0 Å². The van der Waals surface area contributed by atoms with Crippen molar-refractivity contribution in [2.45, 2.75) is 125 Å². The standard InChI is InChI=1S/C33H50O6/c1-18-10-15-32(27(36)37-9)17-16-31(8)30(7)14-11-21-28(4,5)22(38-20(3)34)12-13-29(21,6)25(30)23(35)26-33(31,39-26)24(32)19(18)2/h18-19,21-22,24-26H,10-17H2,1-9H3/t18-,19+,21+,22+,24-,25-,26-,29+,30-,31+,32+,33-/m1/s1. The topological polar surface area (TPSA) is 82.2 Å². The Balaban J connectivity index is 1.45. The van der Waals surface area contributed by atoms with E-state index in [1.165, 1.54) is 14.0 Å². The van der Waals surface area contributed by atoms with Crippen molar-refractivity contribution in [1.82, 2.24) is 0 Å². The molecule has 0 amide bonds. The van der Waals surface area contributed by atoms with E-state index in [2.05, 4.69) is 48.5 Å². The molecule has 6 fully saturated rings. The number of hydrogen-bond acceptors (Lipinski definition) is 6. The lowest BCUT2D eigenvalue weighted by molar-refractivity contribution is -0.244. The molecule has 0 unspecified atom stereocenters. The second kappa shape index (κ2) is 8.10. The van der Waals surface area contributed by atoms with Gasteiger partial charge in [-0.15, -0.1) is 0 Å². The van der Waals surface area contributed by atoms with Crippen LogP contribution < -0.4 is 0 Å². The van der Waals surface area contributed by atoms with Gasteiger partial charge in [-0.3, -0.25) is 14.4 Å². The van der Waals surface area contributed by atoms with Crippen LogP contribution in [0, 0.1) is 56.7 Å². The van der Waals surface area contributed by atoms with E-state index in [-0.39, 0.29) is 69.2 Å². The molecule has 1 aliphatic heterocycles. The summed E-state index contributed by atoms with van der Waals surface area (Å²) < 4.78 is 18.2. The molecule has 0 radical (unpaired) electrons. The minimum atomic E-state index is -0.594. The first-order chi connectivity index (χ1) is 18.1. The first-order valence-corrected chi connectivity index (χ1v) is 15.6. The van der Waals surface area contributed by atoms with E-state index in [0.29, 0.717) is 5.92 Å². The van der Waals surface area contributed by atoms with Crippen molar-refractivity contribution in [2.75, 3.05) is 7.11 Å². The monoisotopic (exact) mass is 542 g/mol. The van der Waals surface area contributed by atoms with Gasteiger partial charge in [0.05, 0.1) is 12.5 Å². The summed E-state index contributed by atoms with van der Waals surface area (Å²) >= 11 is 0. The van der Waals surface area contributed by atoms with Crippen molar-refractivity contribution < 1.29 is 28.6 Å². The zero-order valence-corrected chi connectivity index (χ0v) is 25.6. The van der Waals surface area contributed by atoms with E-state index < -0.39 is 17.1 Å². The largest absolute Gasteiger partial charge is 0.469 e. The molecule has 39 heavy (non-hydrogen) atoms. The van der Waals surface area contributed by atoms with E-state index in [0.717, 1.165) is 51.4 Å². The molecule has 6 nitrogen and oxygen atoms in total. The number of fused-ring (bicyclic) bond motifs is 5. The number of carbonyl (C=O) groups excluding carboxylic acids is 3. The second-order valence-electron chi connectivity index (χ2n) is 15.9. The summed E-state index contributed by atoms with van der Waals surface area (Å²) in [4.78, 5) is 40.3. The van der Waals surface area contributed by atoms with Crippen LogP contribution in [0.2, 0.25) is 0 Å². The van der Waals surface area contributed by atoms with E-state index >= 15 is 0 Å². The highest BCUT2D eigenvalue weighted by Gasteiger charge is 2.88. The molecule has 0 N–H and O–H groups in total. The van der Waals surface area contributed by atoms with E-state index in [9.17, 15) is 14.4 Å². The molecular formula is C33H50O6. The molecule has 0 aromatic rings. The molecule has 1 saturated heterocycles. The third-order valence-corrected chi connectivity index (χ3v) is 14.5. The van der Waals surface area contributed by atoms with Crippen molar-refractivity contribution >= 4 is 17.7 Å². The third-order valence-electron chi connectivity index (χ3n) is 14.5. The fourth-order valence-corrected chi connectivity index (χ4v) is 12.4. The Kier molecular flexibility index (Phi) is 5.76. The van der Waals surface area contributed by atoms with Crippen LogP contribution in [-0.4, -0.2) is 42.6 Å². The number of methoxy groups -OCH3 is 1. The normalized spacial score (nSPS) is 55.1. The number of epoxide rings is 1. The number of ketones is 1. The quantitative estimate of drug-likeness (QED) is 0.308. The van der Waals surface area contributed by atoms with Gasteiger partial charge in [0.25, 0.3) is 0 Å². The highest BCUT2D eigenvalue weighted by molar-refractivity contribution is 5.93. The van der Waals surface area contributed by atoms with E-state index in [1.54, 1.807) is 0 Å². The van der Waals surface area contributed by atoms with Gasteiger partial charge in [-0.2, -0.15) is 0 Å². The van der Waals surface area contributed by atoms with E-state index in [1.807, 2.05) is 0 Å². The van der Waals surface area contributed by atoms with Gasteiger partial charge in [0, 0.05) is 29.6 Å². The zero-order valence-electron chi connectivity index (χ0n) is 25.6. The predicted molar refractivity (Wildman–Crippen MR) is 146 cm³/mol. The van der Waals surface area contributed by atoms with Gasteiger partial charge in [-0.05, 0) is 80.0 Å². The summed E-state index contributed by atoms with van der Waals surface area (Å²) in [6.07, 6.45) is 6.60. The molecule has 0 aromatic heterocycles. The van der Waals surface area contributed by atoms with Gasteiger partial charge in [0.15, 0.2) is 5.78 Å². The van der Waals surface area contributed by atoms with Crippen molar-refractivity contribution in [1.29, 1.82) is 0 Å². The molecule has 6 aliphatic rings. The Morgan fingerprint density at radius 3 is 2.26 bits per heavy atom. The van der Waals surface area contributed by atoms with Crippen molar-refractivity contribution in [3.05, 3.63) is 0 Å². The maximum Gasteiger partial charge on any atom is 0.312 e. The number of Topliss-reactive ketones (excluding diaryl/α,β-unsaturated/α-hetero) is 1. The number of hydrogen-bond donors (Lipinski definition) is 0. The predicted octanol–water partition coefficient (Wildman–Crippen LogP) is 6.14. The summed E-state index contributed by atoms with van der Waals surface area (Å²) in [6, 6.07) is 0. The van der Waals surface area contributed by atoms with Crippen LogP contribution in [-0.2, 0) is 28.6 Å². The average molecular weight is 543 g/mol. The van der Waals surface area contributed by atoms with Gasteiger partial charge in [-0.25, -0.2) is 0 Å². The summed E-state index contributed by atoms with van der Waals surface area (Å²) in [5, 5.41) is 0. The first-order valence-electron chi connectivity index (χ1n) is 15.6. The van der Waals surface area contributed by atoms with Crippen LogP contribution in [0.1, 0.15) is 107 Å². The molecule has 12 atom stereocenters. The van der Waals surface area contributed by atoms with Crippen LogP contribution >= 0.6 is 0 Å². The molecule has 5 aliphatic carbocycles. The van der Waals surface area contributed by atoms with Gasteiger partial charge in [-0.1, -0.05) is 48.5 Å². The number of rotatable bonds is 2. The van der Waals surface area contributed by atoms with Crippen molar-refractivity contribution in [3.63, 3.8) is 0 Å². The zero-order chi connectivity index (χ0) is 28.6. The van der Waals surface area contributed by atoms with Crippen LogP contribution in [0.25, 0.3) is 0 Å². The Bertz CT molecular complexity index is 1110. The van der Waals surface area contributed by atoms with Crippen LogP contribution in [0.5, 0.6) is 0 Å². The second-order valence-corrected chi connectivity index (χ2v) is 15.9. The molecule has 1 heterocycles. The highest BCUT2D eigenvalue weighted by Crippen LogP contribution is 2.82. The SMILES string of the molecule is COC(=O)[C@]12CC[C@@H](C)[C@H](C)[C@H]1[C@@]13O[C@@H]1C(=O)[C@@H]1[C@@]4(C)CC[C@H](OC(C)=O)C(C)(C)[C@@H]4CC[C@@]1(C)[C@]3(C)CC2. The number of ether oxygens (including phenoxy) is 3. The maximum atomic E-state index is 14.8. The Morgan fingerprint density at radius 2 is 1.62 bits per heavy atom. The fraction of sp³-hybridized carbons (Fsp3) is 0.909. The first kappa shape index (κ1) is 27.7. The molecule has 0 bridgehead atoms. The fourth-order valence-electron chi connectivity index (χ4n) is 12.4. The number of esters is 2. The Morgan fingerprint density at radius 1 is 0.923 bits per heavy atom. The average Bonchev–Trinajstić information content (AvgIpc) is 3.61. The summed E-state index contributed by atoms with van der Waals surface area (Å²) in [5.74, 6) is 0.879. The molecule has 5 saturated carbocycles. The maximum absolute atomic E-state index is 14.8. The van der Waals surface area contributed by atoms with Crippen LogP contribution in [0.3, 0.4) is 0 Å². The van der Waals surface area contributed by atoms with Gasteiger partial charge >= 0.3 is 11.9 Å². The van der Waals surface area contributed by atoms with Gasteiger partial charge < -0.3 is 14.2 Å². The molecule has 1 spiro atoms. The molecular weight excluding hydrogens is 492 g/mol. The minimum Gasteiger partial charge on any atom is -0.469 e. The molecule has 6 heteroatoms. The van der Waals surface area contributed by atoms with Gasteiger partial charge in [0.1, 0.15) is 17.8 Å². The van der Waals surface area contributed by atoms with Crippen molar-refractivity contribution in [2.24, 2.45) is 56.7 Å². The van der Waals surface area contributed by atoms with Crippen LogP contribution in [0.4, 0.5) is 0 Å². The third kappa shape index (κ3) is 3.01. The lowest BCUT2D eigenvalue weighted by Gasteiger charge is -2.71. The lowest BCUT2D eigenvalue weighted by atomic mass is 9.30. The summed E-state index contributed by atoms with van der Waals surface area (Å²) in [7, 11) is 1.52. The van der Waals surface area contributed by atoms with Crippen LogP contribution in [0.15, 0.2) is 0 Å². The summed E-state index contributed by atoms with van der Waals surface area (Å²) in [6.45, 7) is 17.8. The van der Waals surface area contributed by atoms with Gasteiger partial charge in [0.2, 0.25) is 0 Å². The smallest absolute Gasteiger partial charge is 0.312 e. The molecule has 6 rings (SSSR count). The highest BCUT2D eigenvalue weighted by atomic mass is 16.6. The molecule has 0 aromatic carbocycles. The van der Waals surface area contributed by atoms with E-state index in [4.69, 9.17) is 14.2 Å².